The van der Waals surface area contributed by atoms with Gasteiger partial charge < -0.3 is 20.3 Å². The van der Waals surface area contributed by atoms with Crippen molar-refractivity contribution in [1.82, 2.24) is 14.5 Å². The summed E-state index contributed by atoms with van der Waals surface area (Å²) in [5.41, 5.74) is 4.10. The van der Waals surface area contributed by atoms with Gasteiger partial charge in [-0.3, -0.25) is 23.9 Å². The third kappa shape index (κ3) is 5.87. The molecule has 1 atom stereocenters. The first-order chi connectivity index (χ1) is 14.4. The van der Waals surface area contributed by atoms with Crippen LogP contribution in [0.25, 0.3) is 0 Å². The number of aromatic amines is 1. The van der Waals surface area contributed by atoms with Crippen molar-refractivity contribution in [2.24, 2.45) is 11.8 Å². The van der Waals surface area contributed by atoms with Crippen molar-refractivity contribution in [2.75, 3.05) is 44.0 Å². The largest absolute Gasteiger partial charge is 0.406 e. The van der Waals surface area contributed by atoms with Gasteiger partial charge in [-0.25, -0.2) is 4.79 Å². The SMILES string of the molecule is COCCN(C(=O)C1CC(=O)N(CC(F)(F)F)C1)c1c(N)n(CC(C)C)c(=O)[nH]c1=O. The first-order valence-electron chi connectivity index (χ1n) is 9.63. The predicted molar refractivity (Wildman–Crippen MR) is 106 cm³/mol. The van der Waals surface area contributed by atoms with Gasteiger partial charge in [0.15, 0.2) is 5.69 Å². The minimum absolute atomic E-state index is 0.00902. The van der Waals surface area contributed by atoms with Gasteiger partial charge in [0.05, 0.1) is 12.5 Å². The summed E-state index contributed by atoms with van der Waals surface area (Å²) in [4.78, 5) is 53.5. The van der Waals surface area contributed by atoms with Crippen molar-refractivity contribution in [3.05, 3.63) is 20.8 Å². The Balaban J connectivity index is 2.43. The second kappa shape index (κ2) is 9.54. The van der Waals surface area contributed by atoms with Crippen molar-refractivity contribution in [3.8, 4) is 0 Å². The quantitative estimate of drug-likeness (QED) is 0.582. The number of anilines is 2. The van der Waals surface area contributed by atoms with Crippen LogP contribution >= 0.6 is 0 Å². The standard InChI is InChI=1S/C18H26F3N5O5/c1-10(2)7-26-14(22)13(15(28)23-17(26)30)25(4-5-31-3)16(29)11-6-12(27)24(8-11)9-18(19,20)21/h10-11H,4-9,22H2,1-3H3,(H,23,28,30). The number of nitrogens with one attached hydrogen (secondary N) is 1. The summed E-state index contributed by atoms with van der Waals surface area (Å²) in [6, 6.07) is 0. The van der Waals surface area contributed by atoms with Gasteiger partial charge in [-0.05, 0) is 5.92 Å². The first kappa shape index (κ1) is 24.4. The Morgan fingerprint density at radius 2 is 1.97 bits per heavy atom. The minimum atomic E-state index is -4.60. The molecule has 2 heterocycles. The number of amides is 2. The number of hydrogen-bond donors (Lipinski definition) is 2. The van der Waals surface area contributed by atoms with E-state index in [1.165, 1.54) is 7.11 Å². The first-order valence-corrected chi connectivity index (χ1v) is 9.63. The van der Waals surface area contributed by atoms with Crippen LogP contribution in [0.5, 0.6) is 0 Å². The van der Waals surface area contributed by atoms with Gasteiger partial charge in [0.2, 0.25) is 11.8 Å². The van der Waals surface area contributed by atoms with Gasteiger partial charge in [-0.2, -0.15) is 13.2 Å². The second-order valence-corrected chi connectivity index (χ2v) is 7.77. The molecule has 174 valence electrons. The lowest BCUT2D eigenvalue weighted by Gasteiger charge is -2.27. The molecule has 1 aromatic heterocycles. The molecule has 0 radical (unpaired) electrons. The molecule has 0 bridgehead atoms. The number of nitrogens with two attached hydrogens (primary N) is 1. The number of alkyl halides is 3. The van der Waals surface area contributed by atoms with E-state index in [0.29, 0.717) is 4.90 Å². The van der Waals surface area contributed by atoms with Gasteiger partial charge in [0.25, 0.3) is 5.56 Å². The van der Waals surface area contributed by atoms with Crippen LogP contribution in [0.1, 0.15) is 20.3 Å². The van der Waals surface area contributed by atoms with Crippen LogP contribution < -0.4 is 21.9 Å². The van der Waals surface area contributed by atoms with E-state index in [1.807, 2.05) is 13.8 Å². The van der Waals surface area contributed by atoms with E-state index in [4.69, 9.17) is 10.5 Å². The number of methoxy groups -OCH3 is 1. The molecule has 1 fully saturated rings. The second-order valence-electron chi connectivity index (χ2n) is 7.77. The van der Waals surface area contributed by atoms with Crippen LogP contribution in [-0.2, 0) is 20.9 Å². The summed E-state index contributed by atoms with van der Waals surface area (Å²) in [5.74, 6) is -2.92. The van der Waals surface area contributed by atoms with E-state index < -0.39 is 54.7 Å². The molecule has 10 nitrogen and oxygen atoms in total. The number of aromatic nitrogens is 2. The molecular formula is C18H26F3N5O5. The topological polar surface area (TPSA) is 131 Å². The molecule has 1 aliphatic heterocycles. The number of carbonyl (C=O) groups excluding carboxylic acids is 2. The molecule has 13 heteroatoms. The van der Waals surface area contributed by atoms with Gasteiger partial charge >= 0.3 is 11.9 Å². The summed E-state index contributed by atoms with van der Waals surface area (Å²) < 4.78 is 44.2. The van der Waals surface area contributed by atoms with E-state index in [1.54, 1.807) is 0 Å². The summed E-state index contributed by atoms with van der Waals surface area (Å²) >= 11 is 0. The number of halogens is 3. The molecule has 2 amide bonds. The molecule has 31 heavy (non-hydrogen) atoms. The fourth-order valence-corrected chi connectivity index (χ4v) is 3.43. The van der Waals surface area contributed by atoms with Crippen molar-refractivity contribution in [1.29, 1.82) is 0 Å². The maximum atomic E-state index is 13.1. The minimum Gasteiger partial charge on any atom is -0.383 e. The number of H-pyrrole nitrogens is 1. The van der Waals surface area contributed by atoms with Crippen LogP contribution in [0.2, 0.25) is 0 Å². The average molecular weight is 449 g/mol. The van der Waals surface area contributed by atoms with Crippen LogP contribution in [0, 0.1) is 11.8 Å². The van der Waals surface area contributed by atoms with Gasteiger partial charge in [0.1, 0.15) is 12.4 Å². The smallest absolute Gasteiger partial charge is 0.383 e. The highest BCUT2D eigenvalue weighted by Gasteiger charge is 2.42. The fraction of sp³-hybridized carbons (Fsp3) is 0.667. The van der Waals surface area contributed by atoms with Crippen molar-refractivity contribution >= 4 is 23.3 Å². The van der Waals surface area contributed by atoms with Crippen molar-refractivity contribution in [2.45, 2.75) is 33.0 Å². The number of likely N-dealkylation sites (tertiary alicyclic amines) is 1. The van der Waals surface area contributed by atoms with Gasteiger partial charge in [-0.15, -0.1) is 0 Å². The molecule has 2 rings (SSSR count). The molecule has 1 aromatic rings. The molecule has 3 N–H and O–H groups in total. The molecule has 0 spiro atoms. The van der Waals surface area contributed by atoms with Crippen LogP contribution in [0.3, 0.4) is 0 Å². The average Bonchev–Trinajstić information content (AvgIpc) is 2.99. The highest BCUT2D eigenvalue weighted by Crippen LogP contribution is 2.27. The lowest BCUT2D eigenvalue weighted by molar-refractivity contribution is -0.157. The van der Waals surface area contributed by atoms with Gasteiger partial charge in [-0.1, -0.05) is 13.8 Å². The number of nitrogens with zero attached hydrogens (tertiary/aromatic N) is 3. The number of ether oxygens (including phenoxy) is 1. The third-order valence-corrected chi connectivity index (χ3v) is 4.75. The van der Waals surface area contributed by atoms with E-state index in [-0.39, 0.29) is 37.1 Å². The maximum Gasteiger partial charge on any atom is 0.406 e. The Bertz CT molecular complexity index is 940. The Kier molecular flexibility index (Phi) is 7.52. The van der Waals surface area contributed by atoms with Crippen molar-refractivity contribution < 1.29 is 27.5 Å². The lowest BCUT2D eigenvalue weighted by Crippen LogP contribution is -2.45. The monoisotopic (exact) mass is 449 g/mol. The molecule has 0 aliphatic carbocycles. The predicted octanol–water partition coefficient (Wildman–Crippen LogP) is 0.165. The Morgan fingerprint density at radius 3 is 2.52 bits per heavy atom. The zero-order chi connectivity index (χ0) is 23.5. The Labute approximate surface area is 175 Å². The highest BCUT2D eigenvalue weighted by molar-refractivity contribution is 6.00. The maximum absolute atomic E-state index is 13.1. The summed E-state index contributed by atoms with van der Waals surface area (Å²) in [6.07, 6.45) is -5.03. The van der Waals surface area contributed by atoms with E-state index >= 15 is 0 Å². The van der Waals surface area contributed by atoms with Gasteiger partial charge in [0, 0.05) is 33.2 Å². The fourth-order valence-electron chi connectivity index (χ4n) is 3.43. The molecular weight excluding hydrogens is 423 g/mol. The molecule has 1 unspecified atom stereocenters. The number of nitrogen functional groups attached to an aromatic ring is 1. The zero-order valence-electron chi connectivity index (χ0n) is 17.5. The lowest BCUT2D eigenvalue weighted by atomic mass is 10.1. The molecule has 1 saturated heterocycles. The zero-order valence-corrected chi connectivity index (χ0v) is 17.5. The molecule has 0 aromatic carbocycles. The van der Waals surface area contributed by atoms with E-state index in [2.05, 4.69) is 4.98 Å². The summed E-state index contributed by atoms with van der Waals surface area (Å²) in [7, 11) is 1.36. The van der Waals surface area contributed by atoms with E-state index in [0.717, 1.165) is 9.47 Å². The normalized spacial score (nSPS) is 16.9. The molecule has 0 saturated carbocycles. The number of hydrogen-bond acceptors (Lipinski definition) is 6. The van der Waals surface area contributed by atoms with Crippen LogP contribution in [-0.4, -0.2) is 65.8 Å². The Morgan fingerprint density at radius 1 is 1.32 bits per heavy atom. The Hall–Kier alpha value is -2.83. The van der Waals surface area contributed by atoms with E-state index in [9.17, 15) is 32.3 Å². The van der Waals surface area contributed by atoms with Crippen LogP contribution in [0.15, 0.2) is 9.59 Å². The number of carbonyl (C=O) groups is 2. The summed E-state index contributed by atoms with van der Waals surface area (Å²) in [5, 5.41) is 0. The number of rotatable bonds is 8. The highest BCUT2D eigenvalue weighted by atomic mass is 19.4. The summed E-state index contributed by atoms with van der Waals surface area (Å²) in [6.45, 7) is 1.75. The van der Waals surface area contributed by atoms with Crippen LogP contribution in [0.4, 0.5) is 24.7 Å². The van der Waals surface area contributed by atoms with Crippen molar-refractivity contribution in [3.63, 3.8) is 0 Å². The third-order valence-electron chi connectivity index (χ3n) is 4.75. The molecule has 1 aliphatic rings.